The van der Waals surface area contributed by atoms with E-state index in [-0.39, 0.29) is 6.09 Å². The summed E-state index contributed by atoms with van der Waals surface area (Å²) in [6, 6.07) is 6.11. The van der Waals surface area contributed by atoms with E-state index in [0.717, 1.165) is 16.1 Å². The van der Waals surface area contributed by atoms with E-state index >= 15 is 0 Å². The van der Waals surface area contributed by atoms with Crippen molar-refractivity contribution < 1.29 is 9.53 Å². The first-order valence-corrected chi connectivity index (χ1v) is 6.91. The van der Waals surface area contributed by atoms with Crippen molar-refractivity contribution in [2.24, 2.45) is 0 Å². The van der Waals surface area contributed by atoms with Gasteiger partial charge in [-0.15, -0.1) is 0 Å². The summed E-state index contributed by atoms with van der Waals surface area (Å²) in [7, 11) is 0. The maximum Gasteiger partial charge on any atom is 0.418 e. The van der Waals surface area contributed by atoms with Gasteiger partial charge in [0.2, 0.25) is 0 Å². The smallest absolute Gasteiger partial charge is 0.418 e. The Labute approximate surface area is 115 Å². The molecule has 2 rings (SSSR count). The Kier molecular flexibility index (Phi) is 3.48. The number of fused-ring (bicyclic) bond motifs is 1. The molecule has 3 nitrogen and oxygen atoms in total. The van der Waals surface area contributed by atoms with Gasteiger partial charge in [0.1, 0.15) is 5.60 Å². The quantitative estimate of drug-likeness (QED) is 0.735. The molecule has 96 valence electrons. The van der Waals surface area contributed by atoms with E-state index in [1.165, 1.54) is 10.1 Å². The van der Waals surface area contributed by atoms with Crippen LogP contribution in [0.3, 0.4) is 0 Å². The van der Waals surface area contributed by atoms with E-state index < -0.39 is 5.60 Å². The zero-order valence-corrected chi connectivity index (χ0v) is 12.3. The predicted octanol–water partition coefficient (Wildman–Crippen LogP) is 4.32. The SMILES string of the molecule is CC(C)(C)OC(=O)n1cc2ccc(CBr)cc2c1. The molecule has 0 atom stereocenters. The average molecular weight is 310 g/mol. The van der Waals surface area contributed by atoms with Crippen LogP contribution in [0.1, 0.15) is 26.3 Å². The molecule has 4 heteroatoms. The van der Waals surface area contributed by atoms with E-state index in [4.69, 9.17) is 4.74 Å². The monoisotopic (exact) mass is 309 g/mol. The number of ether oxygens (including phenoxy) is 1. The molecular weight excluding hydrogens is 294 g/mol. The van der Waals surface area contributed by atoms with Crippen molar-refractivity contribution in [2.45, 2.75) is 31.7 Å². The minimum Gasteiger partial charge on any atom is -0.443 e. The highest BCUT2D eigenvalue weighted by molar-refractivity contribution is 9.08. The lowest BCUT2D eigenvalue weighted by Crippen LogP contribution is -2.26. The second kappa shape index (κ2) is 4.76. The summed E-state index contributed by atoms with van der Waals surface area (Å²) in [4.78, 5) is 11.9. The van der Waals surface area contributed by atoms with Gasteiger partial charge >= 0.3 is 6.09 Å². The summed E-state index contributed by atoms with van der Waals surface area (Å²) in [5.41, 5.74) is 0.707. The molecule has 0 bridgehead atoms. The van der Waals surface area contributed by atoms with E-state index in [0.29, 0.717) is 0 Å². The zero-order valence-electron chi connectivity index (χ0n) is 10.7. The second-order valence-electron chi connectivity index (χ2n) is 5.24. The maximum atomic E-state index is 11.9. The first kappa shape index (κ1) is 13.1. The Hall–Kier alpha value is -1.29. The molecule has 1 aromatic heterocycles. The third kappa shape index (κ3) is 2.93. The summed E-state index contributed by atoms with van der Waals surface area (Å²) in [5.74, 6) is 0. The van der Waals surface area contributed by atoms with Crippen LogP contribution in [0.4, 0.5) is 4.79 Å². The summed E-state index contributed by atoms with van der Waals surface area (Å²) in [5, 5.41) is 2.88. The van der Waals surface area contributed by atoms with Gasteiger partial charge in [-0.1, -0.05) is 28.1 Å². The summed E-state index contributed by atoms with van der Waals surface area (Å²) >= 11 is 3.42. The Morgan fingerprint density at radius 1 is 1.28 bits per heavy atom. The van der Waals surface area contributed by atoms with Crippen LogP contribution in [0.25, 0.3) is 10.8 Å². The van der Waals surface area contributed by atoms with Gasteiger partial charge in [0.05, 0.1) is 0 Å². The van der Waals surface area contributed by atoms with Crippen LogP contribution in [-0.4, -0.2) is 16.3 Å². The number of hydrogen-bond donors (Lipinski definition) is 0. The third-order valence-corrected chi connectivity index (χ3v) is 3.11. The fourth-order valence-corrected chi connectivity index (χ4v) is 2.04. The number of aromatic nitrogens is 1. The number of carbonyl (C=O) groups excluding carboxylic acids is 1. The first-order chi connectivity index (χ1) is 8.39. The second-order valence-corrected chi connectivity index (χ2v) is 5.80. The molecule has 0 aliphatic carbocycles. The van der Waals surface area contributed by atoms with Crippen molar-refractivity contribution in [3.8, 4) is 0 Å². The lowest BCUT2D eigenvalue weighted by Gasteiger charge is -2.19. The molecule has 0 saturated carbocycles. The number of halogens is 1. The molecule has 1 aromatic carbocycles. The minimum absolute atomic E-state index is 0.348. The average Bonchev–Trinajstić information content (AvgIpc) is 2.69. The molecule has 0 spiro atoms. The number of hydrogen-bond acceptors (Lipinski definition) is 2. The minimum atomic E-state index is -0.478. The molecule has 0 saturated heterocycles. The van der Waals surface area contributed by atoms with Crippen LogP contribution >= 0.6 is 15.9 Å². The van der Waals surface area contributed by atoms with Crippen molar-refractivity contribution in [1.29, 1.82) is 0 Å². The van der Waals surface area contributed by atoms with E-state index in [1.54, 1.807) is 12.4 Å². The van der Waals surface area contributed by atoms with Gasteiger partial charge in [0.15, 0.2) is 0 Å². The van der Waals surface area contributed by atoms with Gasteiger partial charge in [-0.05, 0) is 37.8 Å². The van der Waals surface area contributed by atoms with Crippen molar-refractivity contribution in [2.75, 3.05) is 0 Å². The van der Waals surface area contributed by atoms with Gasteiger partial charge in [-0.3, -0.25) is 4.57 Å². The lowest BCUT2D eigenvalue weighted by atomic mass is 10.1. The standard InChI is InChI=1S/C14H16BrNO2/c1-14(2,3)18-13(17)16-8-11-5-4-10(7-15)6-12(11)9-16/h4-6,8-9H,7H2,1-3H3. The van der Waals surface area contributed by atoms with Crippen LogP contribution < -0.4 is 0 Å². The highest BCUT2D eigenvalue weighted by Crippen LogP contribution is 2.20. The van der Waals surface area contributed by atoms with Crippen LogP contribution in [0.15, 0.2) is 30.6 Å². The van der Waals surface area contributed by atoms with Crippen LogP contribution in [0, 0.1) is 0 Å². The van der Waals surface area contributed by atoms with Crippen molar-refractivity contribution >= 4 is 32.8 Å². The maximum absolute atomic E-state index is 11.9. The highest BCUT2D eigenvalue weighted by Gasteiger charge is 2.17. The van der Waals surface area contributed by atoms with Gasteiger partial charge in [-0.2, -0.15) is 0 Å². The molecule has 0 N–H and O–H groups in total. The van der Waals surface area contributed by atoms with Crippen LogP contribution in [-0.2, 0) is 10.1 Å². The Morgan fingerprint density at radius 2 is 1.94 bits per heavy atom. The molecule has 0 amide bonds. The molecule has 0 aliphatic heterocycles. The van der Waals surface area contributed by atoms with E-state index in [9.17, 15) is 4.79 Å². The topological polar surface area (TPSA) is 31.2 Å². The fraction of sp³-hybridized carbons (Fsp3) is 0.357. The molecule has 18 heavy (non-hydrogen) atoms. The highest BCUT2D eigenvalue weighted by atomic mass is 79.9. The summed E-state index contributed by atoms with van der Waals surface area (Å²) in [6.07, 6.45) is 3.25. The van der Waals surface area contributed by atoms with Gasteiger partial charge < -0.3 is 4.74 Å². The van der Waals surface area contributed by atoms with Gasteiger partial charge in [0.25, 0.3) is 0 Å². The fourth-order valence-electron chi connectivity index (χ4n) is 1.69. The normalized spacial score (nSPS) is 11.8. The lowest BCUT2D eigenvalue weighted by molar-refractivity contribution is 0.0538. The molecule has 2 aromatic rings. The van der Waals surface area contributed by atoms with E-state index in [2.05, 4.69) is 22.0 Å². The molecule has 0 radical (unpaired) electrons. The first-order valence-electron chi connectivity index (χ1n) is 5.79. The number of carbonyl (C=O) groups is 1. The largest absolute Gasteiger partial charge is 0.443 e. The van der Waals surface area contributed by atoms with Crippen LogP contribution in [0.2, 0.25) is 0 Å². The van der Waals surface area contributed by atoms with Crippen molar-refractivity contribution in [3.63, 3.8) is 0 Å². The third-order valence-electron chi connectivity index (χ3n) is 2.47. The number of benzene rings is 1. The Bertz CT molecular complexity index is 581. The van der Waals surface area contributed by atoms with Crippen LogP contribution in [0.5, 0.6) is 0 Å². The Balaban J connectivity index is 2.32. The summed E-state index contributed by atoms with van der Waals surface area (Å²) in [6.45, 7) is 5.57. The zero-order chi connectivity index (χ0) is 13.3. The van der Waals surface area contributed by atoms with E-state index in [1.807, 2.05) is 32.9 Å². The van der Waals surface area contributed by atoms with Crippen molar-refractivity contribution in [1.82, 2.24) is 4.57 Å². The molecule has 1 heterocycles. The Morgan fingerprint density at radius 3 is 2.56 bits per heavy atom. The van der Waals surface area contributed by atoms with Gasteiger partial charge in [-0.25, -0.2) is 4.79 Å². The molecular formula is C14H16BrNO2. The molecule has 0 unspecified atom stereocenters. The number of rotatable bonds is 1. The molecule has 0 aliphatic rings. The summed E-state index contributed by atoms with van der Waals surface area (Å²) < 4.78 is 6.82. The van der Waals surface area contributed by atoms with Gasteiger partial charge in [0, 0.05) is 23.1 Å². The number of alkyl halides is 1. The predicted molar refractivity (Wildman–Crippen MR) is 76.2 cm³/mol. The number of nitrogens with zero attached hydrogens (tertiary/aromatic N) is 1. The van der Waals surface area contributed by atoms with Crippen molar-refractivity contribution in [3.05, 3.63) is 36.2 Å². The molecule has 0 fully saturated rings.